The molecule has 0 bridgehead atoms. The Morgan fingerprint density at radius 3 is 2.54 bits per heavy atom. The lowest BCUT2D eigenvalue weighted by Gasteiger charge is -2.31. The van der Waals surface area contributed by atoms with Crippen molar-refractivity contribution in [3.63, 3.8) is 0 Å². The molecule has 0 aliphatic carbocycles. The molecule has 2 nitrogen and oxygen atoms in total. The maximum absolute atomic E-state index is 12.7. The standard InChI is InChI=1S/C10H19FNO/c1-3-13-10-4-6-12(7-5-10)8-9(2)11/h9H,3-8H2,1-2H3. The number of piperidine rings is 1. The predicted molar refractivity (Wildman–Crippen MR) is 51.1 cm³/mol. The van der Waals surface area contributed by atoms with Crippen LogP contribution in [0.3, 0.4) is 0 Å². The van der Waals surface area contributed by atoms with Gasteiger partial charge in [-0.1, -0.05) is 0 Å². The number of likely N-dealkylation sites (tertiary alicyclic amines) is 1. The number of rotatable bonds is 4. The van der Waals surface area contributed by atoms with Crippen LogP contribution in [0.5, 0.6) is 0 Å². The Morgan fingerprint density at radius 1 is 1.46 bits per heavy atom. The van der Waals surface area contributed by atoms with Gasteiger partial charge in [-0.3, -0.25) is 0 Å². The van der Waals surface area contributed by atoms with Crippen LogP contribution >= 0.6 is 0 Å². The Hall–Kier alpha value is -0.150. The normalized spacial score (nSPS) is 23.3. The minimum Gasteiger partial charge on any atom is -0.372 e. The quantitative estimate of drug-likeness (QED) is 0.669. The zero-order valence-corrected chi connectivity index (χ0v) is 8.55. The minimum absolute atomic E-state index is 0.569. The fourth-order valence-electron chi connectivity index (χ4n) is 1.69. The molecule has 0 N–H and O–H groups in total. The average Bonchev–Trinajstić information content (AvgIpc) is 2.08. The van der Waals surface area contributed by atoms with Crippen LogP contribution in [0.1, 0.15) is 26.7 Å². The van der Waals surface area contributed by atoms with Gasteiger partial charge in [-0.05, 0) is 26.7 Å². The number of halogens is 1. The van der Waals surface area contributed by atoms with Crippen LogP contribution in [-0.2, 0) is 4.74 Å². The fraction of sp³-hybridized carbons (Fsp3) is 0.900. The molecule has 1 heterocycles. The van der Waals surface area contributed by atoms with E-state index in [9.17, 15) is 4.39 Å². The van der Waals surface area contributed by atoms with Gasteiger partial charge in [0.1, 0.15) is 6.17 Å². The minimum atomic E-state index is -0.714. The van der Waals surface area contributed by atoms with Crippen molar-refractivity contribution >= 4 is 0 Å². The molecule has 77 valence electrons. The van der Waals surface area contributed by atoms with E-state index in [1.54, 1.807) is 6.92 Å². The van der Waals surface area contributed by atoms with Gasteiger partial charge in [0.05, 0.1) is 6.10 Å². The lowest BCUT2D eigenvalue weighted by Crippen LogP contribution is -2.37. The van der Waals surface area contributed by atoms with E-state index < -0.39 is 6.17 Å². The summed E-state index contributed by atoms with van der Waals surface area (Å²) >= 11 is 0. The maximum Gasteiger partial charge on any atom is 0.110 e. The van der Waals surface area contributed by atoms with Crippen LogP contribution in [0.2, 0.25) is 0 Å². The zero-order chi connectivity index (χ0) is 9.68. The van der Waals surface area contributed by atoms with Gasteiger partial charge in [-0.15, -0.1) is 0 Å². The van der Waals surface area contributed by atoms with Gasteiger partial charge in [0, 0.05) is 26.2 Å². The second kappa shape index (κ2) is 5.55. The predicted octanol–water partition coefficient (Wildman–Crippen LogP) is 2.01. The summed E-state index contributed by atoms with van der Waals surface area (Å²) in [4.78, 5) is 2.16. The summed E-state index contributed by atoms with van der Waals surface area (Å²) in [5, 5.41) is 0. The average molecular weight is 188 g/mol. The molecule has 0 aromatic heterocycles. The number of nitrogens with zero attached hydrogens (tertiary/aromatic N) is 1. The number of ether oxygens (including phenoxy) is 1. The Balaban J connectivity index is 2.15. The van der Waals surface area contributed by atoms with Gasteiger partial charge in [0.2, 0.25) is 0 Å². The zero-order valence-electron chi connectivity index (χ0n) is 8.55. The molecule has 1 aliphatic heterocycles. The highest BCUT2D eigenvalue weighted by Gasteiger charge is 2.20. The molecule has 0 aromatic carbocycles. The molecule has 1 atom stereocenters. The molecule has 13 heavy (non-hydrogen) atoms. The first-order valence-electron chi connectivity index (χ1n) is 5.06. The molecule has 1 rings (SSSR count). The van der Waals surface area contributed by atoms with Crippen molar-refractivity contribution in [2.24, 2.45) is 0 Å². The van der Waals surface area contributed by atoms with Gasteiger partial charge in [0.25, 0.3) is 0 Å². The highest BCUT2D eigenvalue weighted by molar-refractivity contribution is 4.86. The molecule has 3 heteroatoms. The maximum atomic E-state index is 12.7. The highest BCUT2D eigenvalue weighted by Crippen LogP contribution is 2.20. The van der Waals surface area contributed by atoms with E-state index >= 15 is 0 Å². The van der Waals surface area contributed by atoms with E-state index in [1.165, 1.54) is 6.10 Å². The molecular weight excluding hydrogens is 169 g/mol. The third kappa shape index (κ3) is 4.05. The monoisotopic (exact) mass is 188 g/mol. The van der Waals surface area contributed by atoms with E-state index in [4.69, 9.17) is 4.74 Å². The lowest BCUT2D eigenvalue weighted by molar-refractivity contribution is 0.0834. The van der Waals surface area contributed by atoms with Crippen LogP contribution in [-0.4, -0.2) is 37.3 Å². The van der Waals surface area contributed by atoms with Crippen molar-refractivity contribution in [2.75, 3.05) is 26.2 Å². The van der Waals surface area contributed by atoms with Gasteiger partial charge in [0.15, 0.2) is 0 Å². The fourth-order valence-corrected chi connectivity index (χ4v) is 1.69. The summed E-state index contributed by atoms with van der Waals surface area (Å²) in [7, 11) is 0. The van der Waals surface area contributed by atoms with Crippen molar-refractivity contribution in [3.8, 4) is 0 Å². The van der Waals surface area contributed by atoms with Gasteiger partial charge < -0.3 is 9.64 Å². The third-order valence-corrected chi connectivity index (χ3v) is 2.27. The van der Waals surface area contributed by atoms with Crippen molar-refractivity contribution in [3.05, 3.63) is 6.10 Å². The number of hydrogen-bond donors (Lipinski definition) is 0. The molecule has 0 aromatic rings. The Kier molecular flexibility index (Phi) is 4.67. The summed E-state index contributed by atoms with van der Waals surface area (Å²) < 4.78 is 18.1. The Labute approximate surface area is 80.1 Å². The largest absolute Gasteiger partial charge is 0.372 e. The van der Waals surface area contributed by atoms with E-state index in [1.807, 2.05) is 6.92 Å². The second-order valence-corrected chi connectivity index (χ2v) is 3.55. The summed E-state index contributed by atoms with van der Waals surface area (Å²) in [6, 6.07) is 0. The molecule has 0 spiro atoms. The van der Waals surface area contributed by atoms with E-state index in [2.05, 4.69) is 4.90 Å². The smallest absolute Gasteiger partial charge is 0.110 e. The van der Waals surface area contributed by atoms with E-state index in [-0.39, 0.29) is 0 Å². The highest BCUT2D eigenvalue weighted by atomic mass is 19.1. The van der Waals surface area contributed by atoms with Gasteiger partial charge in [-0.2, -0.15) is 0 Å². The van der Waals surface area contributed by atoms with E-state index in [0.717, 1.165) is 32.5 Å². The Bertz CT molecular complexity index is 133. The van der Waals surface area contributed by atoms with Crippen molar-refractivity contribution in [1.82, 2.24) is 4.90 Å². The molecule has 1 fully saturated rings. The van der Waals surface area contributed by atoms with Crippen molar-refractivity contribution < 1.29 is 9.13 Å². The van der Waals surface area contributed by atoms with Crippen molar-refractivity contribution in [1.29, 1.82) is 0 Å². The number of hydrogen-bond acceptors (Lipinski definition) is 2. The topological polar surface area (TPSA) is 12.5 Å². The van der Waals surface area contributed by atoms with Crippen LogP contribution < -0.4 is 0 Å². The molecule has 1 aliphatic rings. The van der Waals surface area contributed by atoms with Crippen LogP contribution in [0.15, 0.2) is 0 Å². The van der Waals surface area contributed by atoms with Crippen LogP contribution in [0.25, 0.3) is 0 Å². The lowest BCUT2D eigenvalue weighted by atomic mass is 10.1. The summed E-state index contributed by atoms with van der Waals surface area (Å²) in [5.74, 6) is 0. The summed E-state index contributed by atoms with van der Waals surface area (Å²) in [6.07, 6.45) is 2.42. The summed E-state index contributed by atoms with van der Waals surface area (Å²) in [5.41, 5.74) is 0. The second-order valence-electron chi connectivity index (χ2n) is 3.55. The molecule has 1 saturated heterocycles. The molecule has 0 amide bonds. The first kappa shape index (κ1) is 10.9. The van der Waals surface area contributed by atoms with E-state index in [0.29, 0.717) is 6.54 Å². The molecular formula is C10H19FNO. The Morgan fingerprint density at radius 2 is 2.08 bits per heavy atom. The summed E-state index contributed by atoms with van der Waals surface area (Å²) in [6.45, 7) is 6.84. The van der Waals surface area contributed by atoms with Crippen LogP contribution in [0, 0.1) is 6.10 Å². The SMILES string of the molecule is CCO[C]1CCN(CC(C)F)CC1. The van der Waals surface area contributed by atoms with Crippen LogP contribution in [0.4, 0.5) is 4.39 Å². The van der Waals surface area contributed by atoms with Gasteiger partial charge >= 0.3 is 0 Å². The third-order valence-electron chi connectivity index (χ3n) is 2.27. The van der Waals surface area contributed by atoms with Crippen molar-refractivity contribution in [2.45, 2.75) is 32.9 Å². The molecule has 1 radical (unpaired) electrons. The molecule has 1 unspecified atom stereocenters. The first-order chi connectivity index (χ1) is 6.22. The van der Waals surface area contributed by atoms with Gasteiger partial charge in [-0.25, -0.2) is 4.39 Å². The molecule has 0 saturated carbocycles. The first-order valence-corrected chi connectivity index (χ1v) is 5.06. The number of alkyl halides is 1.